The third-order valence-electron chi connectivity index (χ3n) is 6.72. The maximum absolute atomic E-state index is 14.5. The molecule has 0 aliphatic carbocycles. The topological polar surface area (TPSA) is 93.9 Å². The number of benzene rings is 2. The first kappa shape index (κ1) is 20.1. The minimum absolute atomic E-state index is 0. The van der Waals surface area contributed by atoms with Crippen LogP contribution in [0.25, 0.3) is 28.1 Å². The van der Waals surface area contributed by atoms with E-state index in [9.17, 15) is 13.6 Å². The lowest BCUT2D eigenvalue weighted by Crippen LogP contribution is -2.38. The number of nitrogens with zero attached hydrogens (tertiary/aromatic N) is 6. The molecule has 2 aliphatic rings. The highest BCUT2D eigenvalue weighted by atomic mass is 19.1. The molecule has 0 amide bonds. The Labute approximate surface area is 198 Å². The molecule has 5 aromatic rings. The first-order chi connectivity index (χ1) is 17.1. The van der Waals surface area contributed by atoms with E-state index in [4.69, 9.17) is 14.7 Å². The van der Waals surface area contributed by atoms with Crippen LogP contribution in [0.15, 0.2) is 47.5 Å². The van der Waals surface area contributed by atoms with Gasteiger partial charge < -0.3 is 14.6 Å². The number of H-pyrrole nitrogens is 1. The fraction of sp³-hybridized carbons (Fsp3) is 0.250. The van der Waals surface area contributed by atoms with E-state index in [1.807, 2.05) is 0 Å². The van der Waals surface area contributed by atoms with E-state index in [0.29, 0.717) is 40.0 Å². The number of aromatic amines is 1. The van der Waals surface area contributed by atoms with Gasteiger partial charge in [-0.15, -0.1) is 0 Å². The molecule has 2 aliphatic heterocycles. The number of nitrogens with one attached hydrogen (secondary N) is 1. The number of ether oxygens (including phenoxy) is 1. The van der Waals surface area contributed by atoms with E-state index in [2.05, 4.69) is 14.9 Å². The second-order valence-corrected chi connectivity index (χ2v) is 8.75. The van der Waals surface area contributed by atoms with Crippen molar-refractivity contribution in [3.8, 4) is 11.7 Å². The maximum Gasteiger partial charge on any atom is 0.328 e. The van der Waals surface area contributed by atoms with Gasteiger partial charge in [0.2, 0.25) is 5.95 Å². The number of hydrogen-bond acceptors (Lipinski definition) is 6. The first-order valence-corrected chi connectivity index (χ1v) is 11.4. The molecule has 2 aromatic carbocycles. The van der Waals surface area contributed by atoms with Crippen molar-refractivity contribution in [2.75, 3.05) is 24.6 Å². The van der Waals surface area contributed by atoms with E-state index in [-0.39, 0.29) is 25.4 Å². The third-order valence-corrected chi connectivity index (χ3v) is 6.72. The van der Waals surface area contributed by atoms with Crippen LogP contribution in [-0.2, 0) is 0 Å². The van der Waals surface area contributed by atoms with Gasteiger partial charge in [0.15, 0.2) is 23.0 Å². The van der Waals surface area contributed by atoms with E-state index >= 15 is 0 Å². The lowest BCUT2D eigenvalue weighted by atomic mass is 10.00. The van der Waals surface area contributed by atoms with Crippen LogP contribution < -0.4 is 15.3 Å². The molecule has 3 aromatic heterocycles. The number of aromatic nitrogens is 6. The second-order valence-electron chi connectivity index (χ2n) is 8.75. The highest BCUT2D eigenvalue weighted by Gasteiger charge is 2.31. The zero-order valence-electron chi connectivity index (χ0n) is 18.4. The van der Waals surface area contributed by atoms with Crippen LogP contribution in [-0.4, -0.2) is 48.8 Å². The average molecular weight is 477 g/mol. The number of fused-ring (bicyclic) bond motifs is 3. The van der Waals surface area contributed by atoms with Gasteiger partial charge in [0.25, 0.3) is 0 Å². The zero-order valence-corrected chi connectivity index (χ0v) is 18.4. The number of rotatable bonds is 3. The van der Waals surface area contributed by atoms with Gasteiger partial charge in [0.05, 0.1) is 23.7 Å². The van der Waals surface area contributed by atoms with Crippen LogP contribution in [0, 0.1) is 11.6 Å². The fourth-order valence-electron chi connectivity index (χ4n) is 4.91. The van der Waals surface area contributed by atoms with Gasteiger partial charge in [-0.3, -0.25) is 9.13 Å². The van der Waals surface area contributed by atoms with Crippen molar-refractivity contribution in [3.63, 3.8) is 0 Å². The number of para-hydroxylation sites is 1. The Hall–Kier alpha value is -4.28. The Morgan fingerprint density at radius 1 is 1.14 bits per heavy atom. The summed E-state index contributed by atoms with van der Waals surface area (Å²) in [6.07, 6.45) is 3.03. The molecule has 0 bridgehead atoms. The zero-order chi connectivity index (χ0) is 23.7. The molecule has 0 saturated carbocycles. The molecule has 1 N–H and O–H groups in total. The molecular weight excluding hydrogens is 456 g/mol. The Kier molecular flexibility index (Phi) is 4.23. The third kappa shape index (κ3) is 2.97. The summed E-state index contributed by atoms with van der Waals surface area (Å²) in [5.74, 6) is 0.147. The van der Waals surface area contributed by atoms with Crippen molar-refractivity contribution in [3.05, 3.63) is 70.4 Å². The average Bonchev–Trinajstić information content (AvgIpc) is 3.38. The molecule has 1 fully saturated rings. The number of hydrogen-bond donors (Lipinski definition) is 1. The fourth-order valence-corrected chi connectivity index (χ4v) is 4.91. The molecule has 0 unspecified atom stereocenters. The largest absolute Gasteiger partial charge is 0.490 e. The minimum Gasteiger partial charge on any atom is -0.490 e. The van der Waals surface area contributed by atoms with Crippen molar-refractivity contribution in [2.45, 2.75) is 18.9 Å². The van der Waals surface area contributed by atoms with Gasteiger partial charge in [0, 0.05) is 32.6 Å². The van der Waals surface area contributed by atoms with Crippen molar-refractivity contribution < 1.29 is 14.9 Å². The molecule has 9 nitrogen and oxygen atoms in total. The number of imidazole rings is 2. The molecule has 1 atom stereocenters. The highest BCUT2D eigenvalue weighted by Crippen LogP contribution is 2.38. The Morgan fingerprint density at radius 3 is 2.86 bits per heavy atom. The van der Waals surface area contributed by atoms with E-state index < -0.39 is 17.7 Å². The molecule has 1 saturated heterocycles. The van der Waals surface area contributed by atoms with Gasteiger partial charge in [-0.25, -0.2) is 18.6 Å². The Balaban J connectivity index is 0.00000240. The summed E-state index contributed by atoms with van der Waals surface area (Å²) in [7, 11) is 0. The van der Waals surface area contributed by atoms with Crippen LogP contribution in [0.2, 0.25) is 0 Å². The van der Waals surface area contributed by atoms with Crippen molar-refractivity contribution in [2.24, 2.45) is 0 Å². The van der Waals surface area contributed by atoms with Crippen LogP contribution in [0.5, 0.6) is 5.75 Å². The standard InChI is InChI=1S/C24H19F2N7O2.H2/c25-13-5-6-16-18(11-13)32(12-27-16)23-29-21(31-8-2-9-31)19-22(30-23)33(24(34)28-19)17-7-10-35-20-14(17)3-1-4-15(20)26;/h1,3-6,11-12,17H,2,7-10H2,(H,28,34);1H/t17-;/m1./s1. The van der Waals surface area contributed by atoms with Gasteiger partial charge in [-0.2, -0.15) is 9.97 Å². The molecular formula is C24H21F2N7O2. The van der Waals surface area contributed by atoms with Gasteiger partial charge in [0.1, 0.15) is 17.7 Å². The van der Waals surface area contributed by atoms with Gasteiger partial charge in [-0.05, 0) is 24.6 Å². The van der Waals surface area contributed by atoms with Crippen LogP contribution in [0.3, 0.4) is 0 Å². The highest BCUT2D eigenvalue weighted by molar-refractivity contribution is 5.85. The van der Waals surface area contributed by atoms with Crippen molar-refractivity contribution >= 4 is 28.0 Å². The summed E-state index contributed by atoms with van der Waals surface area (Å²) in [5, 5.41) is 0. The van der Waals surface area contributed by atoms with Gasteiger partial charge in [-0.1, -0.05) is 12.1 Å². The van der Waals surface area contributed by atoms with E-state index in [0.717, 1.165) is 19.5 Å². The normalized spacial score (nSPS) is 17.4. The Bertz CT molecular complexity index is 1690. The monoisotopic (exact) mass is 477 g/mol. The maximum atomic E-state index is 14.5. The summed E-state index contributed by atoms with van der Waals surface area (Å²) < 4.78 is 37.2. The predicted molar refractivity (Wildman–Crippen MR) is 126 cm³/mol. The quantitative estimate of drug-likeness (QED) is 0.427. The summed E-state index contributed by atoms with van der Waals surface area (Å²) in [5.41, 5.74) is 2.24. The molecule has 11 heteroatoms. The minimum atomic E-state index is -0.473. The number of anilines is 1. The molecule has 5 heterocycles. The summed E-state index contributed by atoms with van der Waals surface area (Å²) in [4.78, 5) is 32.1. The molecule has 0 spiro atoms. The molecule has 178 valence electrons. The van der Waals surface area contributed by atoms with Gasteiger partial charge >= 0.3 is 5.69 Å². The molecule has 0 radical (unpaired) electrons. The predicted octanol–water partition coefficient (Wildman–Crippen LogP) is 3.56. The Morgan fingerprint density at radius 2 is 2.03 bits per heavy atom. The molecule has 7 rings (SSSR count). The second kappa shape index (κ2) is 7.36. The molecule has 35 heavy (non-hydrogen) atoms. The van der Waals surface area contributed by atoms with E-state index in [1.54, 1.807) is 33.7 Å². The SMILES string of the molecule is O=c1[nH]c2c(N3CCC3)nc(-n3cnc4ccc(F)cc43)nc2n1[C@@H]1CCOc2c(F)cccc21.[HH]. The van der Waals surface area contributed by atoms with Crippen LogP contribution in [0.1, 0.15) is 25.9 Å². The van der Waals surface area contributed by atoms with E-state index in [1.165, 1.54) is 18.2 Å². The first-order valence-electron chi connectivity index (χ1n) is 11.4. The summed E-state index contributed by atoms with van der Waals surface area (Å²) >= 11 is 0. The summed E-state index contributed by atoms with van der Waals surface area (Å²) in [6.45, 7) is 1.85. The number of halogens is 2. The van der Waals surface area contributed by atoms with Crippen LogP contribution in [0.4, 0.5) is 14.6 Å². The smallest absolute Gasteiger partial charge is 0.328 e. The van der Waals surface area contributed by atoms with Crippen molar-refractivity contribution in [1.82, 2.24) is 29.1 Å². The lowest BCUT2D eigenvalue weighted by molar-refractivity contribution is 0.244. The lowest BCUT2D eigenvalue weighted by Gasteiger charge is -2.32. The summed E-state index contributed by atoms with van der Waals surface area (Å²) in [6, 6.07) is 8.55. The van der Waals surface area contributed by atoms with Crippen LogP contribution >= 0.6 is 0 Å². The van der Waals surface area contributed by atoms with Crippen molar-refractivity contribution in [1.29, 1.82) is 0 Å².